The average Bonchev–Trinajstić information content (AvgIpc) is 2.66. The Balaban J connectivity index is 1.93. The number of halogens is 1. The maximum atomic E-state index is 12.4. The second-order valence-electron chi connectivity index (χ2n) is 6.23. The molecule has 116 valence electrons. The second kappa shape index (κ2) is 5.29. The molecule has 0 radical (unpaired) electrons. The summed E-state index contributed by atoms with van der Waals surface area (Å²) in [5.41, 5.74) is -1.11. The number of allylic oxidation sites excluding steroid dienone is 1. The van der Waals surface area contributed by atoms with Gasteiger partial charge in [-0.25, -0.2) is 0 Å². The number of β-lactam (4-membered cyclic amide) rings is 1. The highest BCUT2D eigenvalue weighted by atomic mass is 35.5. The highest BCUT2D eigenvalue weighted by Crippen LogP contribution is 2.46. The molecule has 0 aromatic heterocycles. The molecule has 5 atom stereocenters. The number of rotatable bonds is 4. The molecule has 2 unspecified atom stereocenters. The number of amides is 2. The minimum atomic E-state index is -1.11. The van der Waals surface area contributed by atoms with E-state index in [9.17, 15) is 14.7 Å². The summed E-state index contributed by atoms with van der Waals surface area (Å²) in [6, 6.07) is -0.327. The molecule has 1 aliphatic carbocycles. The van der Waals surface area contributed by atoms with Crippen molar-refractivity contribution in [3.8, 4) is 0 Å². The molecule has 5 nitrogen and oxygen atoms in total. The average molecular weight is 313 g/mol. The third-order valence-corrected chi connectivity index (χ3v) is 5.52. The minimum Gasteiger partial charge on any atom is -0.389 e. The molecule has 6 heteroatoms. The Morgan fingerprint density at radius 2 is 2.33 bits per heavy atom. The summed E-state index contributed by atoms with van der Waals surface area (Å²) < 4.78 is 0. The van der Waals surface area contributed by atoms with Gasteiger partial charge in [-0.3, -0.25) is 9.59 Å². The van der Waals surface area contributed by atoms with Gasteiger partial charge in [0.25, 0.3) is 5.91 Å². The smallest absolute Gasteiger partial charge is 0.251 e. The van der Waals surface area contributed by atoms with Gasteiger partial charge in [0.2, 0.25) is 5.91 Å². The zero-order valence-electron chi connectivity index (χ0n) is 12.1. The molecule has 3 aliphatic rings. The summed E-state index contributed by atoms with van der Waals surface area (Å²) in [6.45, 7) is 0. The summed E-state index contributed by atoms with van der Waals surface area (Å²) >= 11 is 5.78. The summed E-state index contributed by atoms with van der Waals surface area (Å²) in [5.74, 6) is -0.374. The van der Waals surface area contributed by atoms with E-state index in [1.165, 1.54) is 4.90 Å². The van der Waals surface area contributed by atoms with E-state index >= 15 is 0 Å². The number of hydrogen-bond donors (Lipinski definition) is 2. The lowest BCUT2D eigenvalue weighted by Gasteiger charge is -2.52. The molecule has 2 amide bonds. The van der Waals surface area contributed by atoms with Crippen molar-refractivity contribution >= 4 is 23.4 Å². The Morgan fingerprint density at radius 1 is 1.57 bits per heavy atom. The number of hydrogen-bond acceptors (Lipinski definition) is 3. The molecule has 0 aromatic carbocycles. The fourth-order valence-corrected chi connectivity index (χ4v) is 4.36. The van der Waals surface area contributed by atoms with Crippen LogP contribution in [0.3, 0.4) is 0 Å². The number of fused-ring (bicyclic) bond motifs is 1. The van der Waals surface area contributed by atoms with Crippen LogP contribution in [-0.4, -0.2) is 52.4 Å². The number of likely N-dealkylation sites (tertiary alicyclic amines) is 1. The predicted molar refractivity (Wildman–Crippen MR) is 78.7 cm³/mol. The van der Waals surface area contributed by atoms with Crippen LogP contribution < -0.4 is 5.32 Å². The SMILES string of the molecule is CN1C(=O)C(CCCl)[C@@H]2NC(=O)[C@@]21[C@@H](O)C1C=CCCC1. The van der Waals surface area contributed by atoms with Crippen molar-refractivity contribution in [2.24, 2.45) is 11.8 Å². The monoisotopic (exact) mass is 312 g/mol. The lowest BCUT2D eigenvalue weighted by molar-refractivity contribution is -0.162. The Morgan fingerprint density at radius 3 is 2.90 bits per heavy atom. The Hall–Kier alpha value is -1.07. The van der Waals surface area contributed by atoms with E-state index in [4.69, 9.17) is 11.6 Å². The molecule has 0 aromatic rings. The van der Waals surface area contributed by atoms with Gasteiger partial charge in [0.1, 0.15) is 0 Å². The van der Waals surface area contributed by atoms with E-state index in [-0.39, 0.29) is 29.7 Å². The van der Waals surface area contributed by atoms with E-state index in [0.717, 1.165) is 19.3 Å². The van der Waals surface area contributed by atoms with Crippen LogP contribution in [0.4, 0.5) is 0 Å². The zero-order valence-corrected chi connectivity index (χ0v) is 12.8. The Kier molecular flexibility index (Phi) is 3.74. The van der Waals surface area contributed by atoms with E-state index in [1.807, 2.05) is 12.2 Å². The van der Waals surface area contributed by atoms with Crippen LogP contribution in [0.25, 0.3) is 0 Å². The second-order valence-corrected chi connectivity index (χ2v) is 6.60. The highest BCUT2D eigenvalue weighted by Gasteiger charge is 2.72. The van der Waals surface area contributed by atoms with Crippen LogP contribution in [0.2, 0.25) is 0 Å². The molecule has 2 aliphatic heterocycles. The van der Waals surface area contributed by atoms with E-state index in [1.54, 1.807) is 7.05 Å². The topological polar surface area (TPSA) is 69.6 Å². The molecule has 0 spiro atoms. The molecule has 0 saturated carbocycles. The first-order valence-electron chi connectivity index (χ1n) is 7.54. The van der Waals surface area contributed by atoms with Crippen LogP contribution in [0.1, 0.15) is 25.7 Å². The van der Waals surface area contributed by atoms with Crippen LogP contribution >= 0.6 is 11.6 Å². The van der Waals surface area contributed by atoms with Gasteiger partial charge >= 0.3 is 0 Å². The van der Waals surface area contributed by atoms with Crippen molar-refractivity contribution in [3.63, 3.8) is 0 Å². The fourth-order valence-electron chi connectivity index (χ4n) is 4.12. The fraction of sp³-hybridized carbons (Fsp3) is 0.733. The van der Waals surface area contributed by atoms with Crippen molar-refractivity contribution in [1.82, 2.24) is 10.2 Å². The molecule has 2 N–H and O–H groups in total. The van der Waals surface area contributed by atoms with E-state index < -0.39 is 11.6 Å². The number of nitrogens with zero attached hydrogens (tertiary/aromatic N) is 1. The van der Waals surface area contributed by atoms with Crippen molar-refractivity contribution in [2.75, 3.05) is 12.9 Å². The number of aliphatic hydroxyl groups is 1. The lowest BCUT2D eigenvalue weighted by atomic mass is 9.68. The number of carbonyl (C=O) groups excluding carboxylic acids is 2. The number of likely N-dealkylation sites (N-methyl/N-ethyl adjacent to an activating group) is 1. The van der Waals surface area contributed by atoms with Gasteiger partial charge < -0.3 is 15.3 Å². The molecule has 2 saturated heterocycles. The Bertz CT molecular complexity index is 495. The van der Waals surface area contributed by atoms with Crippen LogP contribution in [-0.2, 0) is 9.59 Å². The number of aliphatic hydroxyl groups excluding tert-OH is 1. The van der Waals surface area contributed by atoms with Crippen molar-refractivity contribution in [3.05, 3.63) is 12.2 Å². The molecular formula is C15H21ClN2O3. The quantitative estimate of drug-likeness (QED) is 0.455. The maximum Gasteiger partial charge on any atom is 0.251 e. The number of nitrogens with one attached hydrogen (secondary N) is 1. The van der Waals surface area contributed by atoms with Crippen LogP contribution in [0.15, 0.2) is 12.2 Å². The largest absolute Gasteiger partial charge is 0.389 e. The summed E-state index contributed by atoms with van der Waals surface area (Å²) in [7, 11) is 1.62. The normalized spacial score (nSPS) is 39.8. The molecule has 2 heterocycles. The third-order valence-electron chi connectivity index (χ3n) is 5.30. The van der Waals surface area contributed by atoms with Crippen molar-refractivity contribution < 1.29 is 14.7 Å². The van der Waals surface area contributed by atoms with Crippen molar-refractivity contribution in [1.29, 1.82) is 0 Å². The van der Waals surface area contributed by atoms with Gasteiger partial charge in [0.15, 0.2) is 5.54 Å². The van der Waals surface area contributed by atoms with Crippen LogP contribution in [0, 0.1) is 11.8 Å². The van der Waals surface area contributed by atoms with Crippen LogP contribution in [0.5, 0.6) is 0 Å². The zero-order chi connectivity index (χ0) is 15.2. The van der Waals surface area contributed by atoms with Gasteiger partial charge in [0, 0.05) is 18.8 Å². The number of alkyl halides is 1. The van der Waals surface area contributed by atoms with Gasteiger partial charge in [-0.15, -0.1) is 11.6 Å². The third kappa shape index (κ3) is 1.87. The predicted octanol–water partition coefficient (Wildman–Crippen LogP) is 0.658. The first-order chi connectivity index (χ1) is 10.0. The summed E-state index contributed by atoms with van der Waals surface area (Å²) in [6.07, 6.45) is 6.55. The molecule has 2 fully saturated rings. The van der Waals surface area contributed by atoms with Gasteiger partial charge in [0.05, 0.1) is 18.1 Å². The summed E-state index contributed by atoms with van der Waals surface area (Å²) in [5, 5.41) is 13.7. The molecule has 3 rings (SSSR count). The van der Waals surface area contributed by atoms with Gasteiger partial charge in [-0.1, -0.05) is 12.2 Å². The van der Waals surface area contributed by atoms with Gasteiger partial charge in [-0.05, 0) is 25.7 Å². The molecule has 21 heavy (non-hydrogen) atoms. The standard InChI is InChI=1S/C15H21ClN2O3/c1-18-13(20)10(7-8-16)11-15(18,14(21)17-11)12(19)9-5-3-2-4-6-9/h3,5,9-12,19H,2,4,6-8H2,1H3,(H,17,21)/t9?,10?,11-,12-,15-/m0/s1. The number of carbonyl (C=O) groups is 2. The van der Waals surface area contributed by atoms with Gasteiger partial charge in [-0.2, -0.15) is 0 Å². The van der Waals surface area contributed by atoms with E-state index in [2.05, 4.69) is 5.32 Å². The minimum absolute atomic E-state index is 0.0719. The molecule has 0 bridgehead atoms. The maximum absolute atomic E-state index is 12.4. The first-order valence-corrected chi connectivity index (χ1v) is 8.08. The lowest BCUT2D eigenvalue weighted by Crippen LogP contribution is -2.81. The molecular weight excluding hydrogens is 292 g/mol. The van der Waals surface area contributed by atoms with Crippen molar-refractivity contribution in [2.45, 2.75) is 43.4 Å². The first kappa shape index (κ1) is 14.9. The van der Waals surface area contributed by atoms with E-state index in [0.29, 0.717) is 12.3 Å². The highest BCUT2D eigenvalue weighted by molar-refractivity contribution is 6.18. The Labute approximate surface area is 129 Å². The summed E-state index contributed by atoms with van der Waals surface area (Å²) in [4.78, 5) is 26.2.